The lowest BCUT2D eigenvalue weighted by atomic mass is 10.1. The van der Waals surface area contributed by atoms with Crippen molar-refractivity contribution in [3.63, 3.8) is 0 Å². The van der Waals surface area contributed by atoms with E-state index in [9.17, 15) is 14.4 Å². The zero-order chi connectivity index (χ0) is 24.1. The molecule has 34 heavy (non-hydrogen) atoms. The summed E-state index contributed by atoms with van der Waals surface area (Å²) in [5.74, 6) is -0.283. The number of amides is 1. The Morgan fingerprint density at radius 3 is 2.62 bits per heavy atom. The Bertz CT molecular complexity index is 1390. The number of hydrogen-bond acceptors (Lipinski definition) is 8. The number of benzene rings is 2. The molecule has 0 aliphatic heterocycles. The van der Waals surface area contributed by atoms with E-state index >= 15 is 0 Å². The van der Waals surface area contributed by atoms with Gasteiger partial charge in [0.1, 0.15) is 17.4 Å². The molecule has 0 bridgehead atoms. The average molecular weight is 479 g/mol. The van der Waals surface area contributed by atoms with Gasteiger partial charge in [0.15, 0.2) is 0 Å². The molecule has 2 aromatic carbocycles. The molecule has 2 aromatic heterocycles. The number of nitrogens with one attached hydrogen (secondary N) is 1. The first-order chi connectivity index (χ1) is 16.5. The molecule has 2 heterocycles. The van der Waals surface area contributed by atoms with Crippen molar-refractivity contribution in [3.8, 4) is 5.75 Å². The molecule has 174 valence electrons. The average Bonchev–Trinajstić information content (AvgIpc) is 3.26. The molecule has 9 nitrogen and oxygen atoms in total. The number of esters is 1. The molecular weight excluding hydrogens is 456 g/mol. The van der Waals surface area contributed by atoms with Gasteiger partial charge in [-0.2, -0.15) is 9.61 Å². The number of anilines is 1. The van der Waals surface area contributed by atoms with E-state index in [-0.39, 0.29) is 18.1 Å². The number of ether oxygens (including phenoxy) is 2. The molecule has 1 amide bonds. The minimum atomic E-state index is -0.566. The van der Waals surface area contributed by atoms with Crippen molar-refractivity contribution >= 4 is 33.9 Å². The van der Waals surface area contributed by atoms with Crippen LogP contribution in [0, 0.1) is 0 Å². The summed E-state index contributed by atoms with van der Waals surface area (Å²) in [4.78, 5) is 42.0. The van der Waals surface area contributed by atoms with Gasteiger partial charge in [-0.3, -0.25) is 9.59 Å². The molecule has 0 aliphatic carbocycles. The Balaban J connectivity index is 1.38. The third kappa shape index (κ3) is 5.29. The maximum absolute atomic E-state index is 12.4. The van der Waals surface area contributed by atoms with Crippen molar-refractivity contribution in [2.24, 2.45) is 0 Å². The topological polar surface area (TPSA) is 112 Å². The minimum absolute atomic E-state index is 0.139. The standard InChI is InChI=1S/C24H22N4O5S/c1-3-5-20-27-28-21(29)13-18(26-24(28)34-20)14-33-23(31)15-8-10-17(11-9-15)25-22(30)16-6-4-7-19(12-16)32-2/h4,6-13H,3,5,14H2,1-2H3,(H,25,30). The lowest BCUT2D eigenvalue weighted by Crippen LogP contribution is -2.16. The van der Waals surface area contributed by atoms with Gasteiger partial charge < -0.3 is 14.8 Å². The summed E-state index contributed by atoms with van der Waals surface area (Å²) in [5.41, 5.74) is 1.32. The Hall–Kier alpha value is -4.05. The van der Waals surface area contributed by atoms with Crippen molar-refractivity contribution in [1.82, 2.24) is 14.6 Å². The van der Waals surface area contributed by atoms with Crippen LogP contribution in [0.15, 0.2) is 59.4 Å². The van der Waals surface area contributed by atoms with Gasteiger partial charge in [0.05, 0.1) is 18.4 Å². The highest BCUT2D eigenvalue weighted by atomic mass is 32.1. The van der Waals surface area contributed by atoms with Crippen LogP contribution in [-0.4, -0.2) is 33.6 Å². The van der Waals surface area contributed by atoms with Crippen LogP contribution in [-0.2, 0) is 17.8 Å². The van der Waals surface area contributed by atoms with Crippen molar-refractivity contribution in [2.75, 3.05) is 12.4 Å². The largest absolute Gasteiger partial charge is 0.497 e. The smallest absolute Gasteiger partial charge is 0.338 e. The van der Waals surface area contributed by atoms with Crippen LogP contribution >= 0.6 is 11.3 Å². The normalized spacial score (nSPS) is 10.8. The molecule has 0 saturated heterocycles. The maximum atomic E-state index is 12.4. The molecule has 0 saturated carbocycles. The fourth-order valence-corrected chi connectivity index (χ4v) is 4.18. The van der Waals surface area contributed by atoms with Crippen LogP contribution in [0.25, 0.3) is 4.96 Å². The Morgan fingerprint density at radius 2 is 1.88 bits per heavy atom. The van der Waals surface area contributed by atoms with Crippen LogP contribution in [0.4, 0.5) is 5.69 Å². The molecule has 0 radical (unpaired) electrons. The third-order valence-electron chi connectivity index (χ3n) is 4.87. The van der Waals surface area contributed by atoms with E-state index in [0.29, 0.717) is 33.2 Å². The second-order valence-corrected chi connectivity index (χ2v) is 8.41. The van der Waals surface area contributed by atoms with Gasteiger partial charge in [-0.15, -0.1) is 0 Å². The summed E-state index contributed by atoms with van der Waals surface area (Å²) in [6.45, 7) is 1.90. The number of hydrogen-bond donors (Lipinski definition) is 1. The van der Waals surface area contributed by atoms with E-state index in [4.69, 9.17) is 9.47 Å². The van der Waals surface area contributed by atoms with Crippen LogP contribution in [0.1, 0.15) is 44.8 Å². The van der Waals surface area contributed by atoms with E-state index < -0.39 is 5.97 Å². The van der Waals surface area contributed by atoms with Gasteiger partial charge >= 0.3 is 5.97 Å². The molecule has 0 atom stereocenters. The van der Waals surface area contributed by atoms with Gasteiger partial charge in [-0.05, 0) is 48.9 Å². The molecule has 10 heteroatoms. The number of fused-ring (bicyclic) bond motifs is 1. The molecule has 4 rings (SSSR count). The number of carbonyl (C=O) groups is 2. The maximum Gasteiger partial charge on any atom is 0.338 e. The number of aromatic nitrogens is 3. The van der Waals surface area contributed by atoms with Gasteiger partial charge in [0.2, 0.25) is 4.96 Å². The monoisotopic (exact) mass is 478 g/mol. The lowest BCUT2D eigenvalue weighted by Gasteiger charge is -2.08. The number of nitrogens with zero attached hydrogens (tertiary/aromatic N) is 3. The quantitative estimate of drug-likeness (QED) is 0.384. The zero-order valence-corrected chi connectivity index (χ0v) is 19.4. The Kier molecular flexibility index (Phi) is 6.98. The fraction of sp³-hybridized carbons (Fsp3) is 0.208. The minimum Gasteiger partial charge on any atom is -0.497 e. The highest BCUT2D eigenvalue weighted by molar-refractivity contribution is 7.16. The van der Waals surface area contributed by atoms with Crippen molar-refractivity contribution in [2.45, 2.75) is 26.4 Å². The van der Waals surface area contributed by atoms with E-state index in [1.807, 2.05) is 6.92 Å². The summed E-state index contributed by atoms with van der Waals surface area (Å²) < 4.78 is 11.7. The van der Waals surface area contributed by atoms with Crippen LogP contribution in [0.3, 0.4) is 0 Å². The second-order valence-electron chi connectivity index (χ2n) is 7.37. The number of rotatable bonds is 8. The second kappa shape index (κ2) is 10.3. The van der Waals surface area contributed by atoms with Gasteiger partial charge in [-0.25, -0.2) is 9.78 Å². The molecule has 0 aliphatic rings. The highest BCUT2D eigenvalue weighted by Crippen LogP contribution is 2.17. The van der Waals surface area contributed by atoms with Gasteiger partial charge in [0, 0.05) is 23.7 Å². The summed E-state index contributed by atoms with van der Waals surface area (Å²) in [6.07, 6.45) is 1.69. The Labute approximate surface area is 199 Å². The SMILES string of the molecule is CCCc1nn2c(=O)cc(COC(=O)c3ccc(NC(=O)c4cccc(OC)c4)cc3)nc2s1. The molecule has 4 aromatic rings. The van der Waals surface area contributed by atoms with Crippen molar-refractivity contribution < 1.29 is 19.1 Å². The first kappa shape index (κ1) is 23.1. The summed E-state index contributed by atoms with van der Waals surface area (Å²) in [6, 6.07) is 14.4. The van der Waals surface area contributed by atoms with E-state index in [2.05, 4.69) is 15.4 Å². The molecule has 0 unspecified atom stereocenters. The van der Waals surface area contributed by atoms with E-state index in [1.165, 1.54) is 29.0 Å². The first-order valence-electron chi connectivity index (χ1n) is 10.6. The van der Waals surface area contributed by atoms with Crippen LogP contribution in [0.2, 0.25) is 0 Å². The molecule has 1 N–H and O–H groups in total. The van der Waals surface area contributed by atoms with Crippen LogP contribution in [0.5, 0.6) is 5.75 Å². The summed E-state index contributed by atoms with van der Waals surface area (Å²) >= 11 is 1.35. The van der Waals surface area contributed by atoms with Gasteiger partial charge in [0.25, 0.3) is 11.5 Å². The predicted octanol–water partition coefficient (Wildman–Crippen LogP) is 3.72. The van der Waals surface area contributed by atoms with Crippen molar-refractivity contribution in [1.29, 1.82) is 0 Å². The molecule has 0 spiro atoms. The lowest BCUT2D eigenvalue weighted by molar-refractivity contribution is 0.0467. The molecular formula is C24H22N4O5S. The highest BCUT2D eigenvalue weighted by Gasteiger charge is 2.13. The Morgan fingerprint density at radius 1 is 1.09 bits per heavy atom. The third-order valence-corrected chi connectivity index (χ3v) is 5.83. The number of carbonyl (C=O) groups excluding carboxylic acids is 2. The number of methoxy groups -OCH3 is 1. The zero-order valence-electron chi connectivity index (χ0n) is 18.6. The first-order valence-corrected chi connectivity index (χ1v) is 11.4. The summed E-state index contributed by atoms with van der Waals surface area (Å²) in [7, 11) is 1.53. The van der Waals surface area contributed by atoms with Crippen molar-refractivity contribution in [3.05, 3.63) is 86.8 Å². The predicted molar refractivity (Wildman–Crippen MR) is 128 cm³/mol. The van der Waals surface area contributed by atoms with Crippen LogP contribution < -0.4 is 15.6 Å². The number of aryl methyl sites for hydroxylation is 1. The summed E-state index contributed by atoms with van der Waals surface area (Å²) in [5, 5.41) is 7.86. The van der Waals surface area contributed by atoms with E-state index in [0.717, 1.165) is 17.8 Å². The fourth-order valence-electron chi connectivity index (χ4n) is 3.16. The van der Waals surface area contributed by atoms with E-state index in [1.54, 1.807) is 48.5 Å². The van der Waals surface area contributed by atoms with Gasteiger partial charge in [-0.1, -0.05) is 24.3 Å². The molecule has 0 fully saturated rings.